The van der Waals surface area contributed by atoms with Gasteiger partial charge in [-0.1, -0.05) is 43.5 Å². The topological polar surface area (TPSA) is 99.9 Å². The van der Waals surface area contributed by atoms with E-state index in [0.29, 0.717) is 25.9 Å². The Hall–Kier alpha value is -3.46. The molecule has 0 spiro atoms. The SMILES string of the molecule is N#Cc1ccc(NC(=O)C(O)(Cc2cccc(CN3CCN(CC(=O)N4CCCC4)CC3)c2)C2CCCCC2)cc1C(F)(F)F. The number of hydrogen-bond donors (Lipinski definition) is 2. The van der Waals surface area contributed by atoms with Gasteiger partial charge in [-0.15, -0.1) is 0 Å². The molecule has 2 N–H and O–H groups in total. The largest absolute Gasteiger partial charge is 0.417 e. The molecule has 2 heterocycles. The van der Waals surface area contributed by atoms with Gasteiger partial charge >= 0.3 is 6.18 Å². The first-order valence-corrected chi connectivity index (χ1v) is 16.0. The van der Waals surface area contributed by atoms with Crippen molar-refractivity contribution in [2.45, 2.75) is 69.7 Å². The van der Waals surface area contributed by atoms with E-state index < -0.39 is 28.8 Å². The molecule has 1 atom stereocenters. The van der Waals surface area contributed by atoms with Crippen molar-refractivity contribution in [3.05, 3.63) is 64.7 Å². The van der Waals surface area contributed by atoms with Crippen molar-refractivity contribution in [1.82, 2.24) is 14.7 Å². The number of alkyl halides is 3. The molecular weight excluding hydrogens is 583 g/mol. The van der Waals surface area contributed by atoms with Gasteiger partial charge in [0.25, 0.3) is 5.91 Å². The fourth-order valence-electron chi connectivity index (χ4n) is 6.95. The van der Waals surface area contributed by atoms with Crippen molar-refractivity contribution in [3.63, 3.8) is 0 Å². The number of carbonyl (C=O) groups is 2. The molecule has 1 unspecified atom stereocenters. The lowest BCUT2D eigenvalue weighted by molar-refractivity contribution is -0.142. The quantitative estimate of drug-likeness (QED) is 0.415. The molecule has 2 amide bonds. The third kappa shape index (κ3) is 8.23. The van der Waals surface area contributed by atoms with Gasteiger partial charge in [-0.05, 0) is 60.9 Å². The normalized spacial score (nSPS) is 20.0. The maximum atomic E-state index is 13.7. The fraction of sp³-hybridized carbons (Fsp3) is 0.559. The Kier molecular flexibility index (Phi) is 10.5. The van der Waals surface area contributed by atoms with Crippen LogP contribution in [0.5, 0.6) is 0 Å². The third-order valence-corrected chi connectivity index (χ3v) is 9.53. The van der Waals surface area contributed by atoms with E-state index in [2.05, 4.69) is 15.1 Å². The molecule has 5 rings (SSSR count). The highest BCUT2D eigenvalue weighted by Crippen LogP contribution is 2.37. The average molecular weight is 626 g/mol. The highest BCUT2D eigenvalue weighted by Gasteiger charge is 2.44. The van der Waals surface area contributed by atoms with Gasteiger partial charge < -0.3 is 15.3 Å². The Morgan fingerprint density at radius 3 is 2.22 bits per heavy atom. The standard InChI is InChI=1S/C34H42F3N5O3/c35-34(36,37)30-20-29(12-11-27(30)22-38)39-32(44)33(45,28-9-2-1-3-10-28)21-25-7-6-8-26(19-25)23-40-15-17-41(18-16-40)24-31(43)42-13-4-5-14-42/h6-8,11-12,19-20,28,45H,1-5,9-10,13-18,21,23-24H2,(H,39,44). The van der Waals surface area contributed by atoms with Crippen LogP contribution >= 0.6 is 0 Å². The maximum Gasteiger partial charge on any atom is 0.417 e. The Morgan fingerprint density at radius 1 is 0.889 bits per heavy atom. The molecule has 2 aliphatic heterocycles. The molecule has 8 nitrogen and oxygen atoms in total. The van der Waals surface area contributed by atoms with E-state index in [4.69, 9.17) is 5.26 Å². The van der Waals surface area contributed by atoms with Crippen LogP contribution in [0.15, 0.2) is 42.5 Å². The summed E-state index contributed by atoms with van der Waals surface area (Å²) in [5, 5.41) is 23.7. The smallest absolute Gasteiger partial charge is 0.379 e. The molecule has 2 saturated heterocycles. The second-order valence-electron chi connectivity index (χ2n) is 12.7. The highest BCUT2D eigenvalue weighted by molar-refractivity contribution is 5.97. The number of nitrogens with one attached hydrogen (secondary N) is 1. The van der Waals surface area contributed by atoms with Crippen LogP contribution in [-0.4, -0.2) is 83.0 Å². The number of aliphatic hydroxyl groups is 1. The number of amides is 2. The first-order valence-electron chi connectivity index (χ1n) is 16.0. The lowest BCUT2D eigenvalue weighted by Crippen LogP contribution is -2.51. The van der Waals surface area contributed by atoms with Crippen LogP contribution in [-0.2, 0) is 28.7 Å². The molecule has 0 bridgehead atoms. The summed E-state index contributed by atoms with van der Waals surface area (Å²) in [6, 6.07) is 12.4. The number of nitrogens with zero attached hydrogens (tertiary/aromatic N) is 4. The van der Waals surface area contributed by atoms with Crippen molar-refractivity contribution in [3.8, 4) is 6.07 Å². The van der Waals surface area contributed by atoms with E-state index in [1.807, 2.05) is 29.2 Å². The van der Waals surface area contributed by atoms with E-state index >= 15 is 0 Å². The molecule has 242 valence electrons. The predicted molar refractivity (Wildman–Crippen MR) is 164 cm³/mol. The number of piperazine rings is 1. The average Bonchev–Trinajstić information content (AvgIpc) is 3.58. The summed E-state index contributed by atoms with van der Waals surface area (Å²) in [7, 11) is 0. The van der Waals surface area contributed by atoms with E-state index in [0.717, 1.165) is 94.6 Å². The van der Waals surface area contributed by atoms with Gasteiger partial charge in [0.2, 0.25) is 5.91 Å². The van der Waals surface area contributed by atoms with E-state index in [1.54, 1.807) is 6.07 Å². The first kappa shape index (κ1) is 32.9. The molecule has 3 fully saturated rings. The van der Waals surface area contributed by atoms with Crippen LogP contribution in [0.4, 0.5) is 18.9 Å². The van der Waals surface area contributed by atoms with Gasteiger partial charge in [0, 0.05) is 57.9 Å². The van der Waals surface area contributed by atoms with Crippen molar-refractivity contribution in [2.75, 3.05) is 51.1 Å². The Balaban J connectivity index is 1.25. The monoisotopic (exact) mass is 625 g/mol. The van der Waals surface area contributed by atoms with Crippen LogP contribution in [0.1, 0.15) is 67.2 Å². The molecule has 1 saturated carbocycles. The second-order valence-corrected chi connectivity index (χ2v) is 12.7. The number of benzene rings is 2. The van der Waals surface area contributed by atoms with Crippen molar-refractivity contribution >= 4 is 17.5 Å². The molecule has 11 heteroatoms. The third-order valence-electron chi connectivity index (χ3n) is 9.53. The van der Waals surface area contributed by atoms with Crippen molar-refractivity contribution in [1.29, 1.82) is 5.26 Å². The van der Waals surface area contributed by atoms with Crippen LogP contribution < -0.4 is 5.32 Å². The molecule has 0 radical (unpaired) electrons. The Morgan fingerprint density at radius 2 is 1.56 bits per heavy atom. The molecule has 0 aromatic heterocycles. The summed E-state index contributed by atoms with van der Waals surface area (Å²) in [4.78, 5) is 32.7. The second kappa shape index (κ2) is 14.3. The van der Waals surface area contributed by atoms with Gasteiger partial charge in [0.15, 0.2) is 0 Å². The van der Waals surface area contributed by atoms with Crippen LogP contribution in [0.2, 0.25) is 0 Å². The van der Waals surface area contributed by atoms with Gasteiger partial charge in [-0.25, -0.2) is 0 Å². The number of likely N-dealkylation sites (tertiary alicyclic amines) is 1. The summed E-state index contributed by atoms with van der Waals surface area (Å²) in [6.45, 7) is 6.17. The van der Waals surface area contributed by atoms with Gasteiger partial charge in [0.1, 0.15) is 5.60 Å². The van der Waals surface area contributed by atoms with Gasteiger partial charge in [-0.3, -0.25) is 19.4 Å². The van der Waals surface area contributed by atoms with Crippen molar-refractivity contribution in [2.24, 2.45) is 5.92 Å². The minimum absolute atomic E-state index is 0.0339. The molecule has 3 aliphatic rings. The number of rotatable bonds is 9. The van der Waals surface area contributed by atoms with Crippen molar-refractivity contribution < 1.29 is 27.9 Å². The molecule has 2 aromatic rings. The summed E-state index contributed by atoms with van der Waals surface area (Å²) in [5.74, 6) is -0.868. The van der Waals surface area contributed by atoms with Crippen LogP contribution in [0.3, 0.4) is 0 Å². The number of carbonyl (C=O) groups excluding carboxylic acids is 2. The summed E-state index contributed by atoms with van der Waals surface area (Å²) in [5.41, 5.74) is -1.77. The van der Waals surface area contributed by atoms with E-state index in [-0.39, 0.29) is 23.9 Å². The van der Waals surface area contributed by atoms with Gasteiger partial charge in [0.05, 0.1) is 23.7 Å². The van der Waals surface area contributed by atoms with Crippen LogP contribution in [0, 0.1) is 17.2 Å². The molecule has 1 aliphatic carbocycles. The summed E-state index contributed by atoms with van der Waals surface area (Å²) in [6.07, 6.45) is 1.48. The number of anilines is 1. The predicted octanol–water partition coefficient (Wildman–Crippen LogP) is 4.81. The molecule has 45 heavy (non-hydrogen) atoms. The summed E-state index contributed by atoms with van der Waals surface area (Å²) < 4.78 is 40.7. The lowest BCUT2D eigenvalue weighted by Gasteiger charge is -2.37. The first-order chi connectivity index (χ1) is 21.5. The van der Waals surface area contributed by atoms with E-state index in [9.17, 15) is 27.9 Å². The number of nitriles is 1. The Bertz CT molecular complexity index is 1390. The van der Waals surface area contributed by atoms with Crippen LogP contribution in [0.25, 0.3) is 0 Å². The Labute approximate surface area is 262 Å². The van der Waals surface area contributed by atoms with Gasteiger partial charge in [-0.2, -0.15) is 18.4 Å². The minimum atomic E-state index is -4.76. The number of halogens is 3. The maximum absolute atomic E-state index is 13.7. The zero-order valence-electron chi connectivity index (χ0n) is 25.6. The molecular formula is C34H42F3N5O3. The highest BCUT2D eigenvalue weighted by atomic mass is 19.4. The lowest BCUT2D eigenvalue weighted by atomic mass is 9.73. The zero-order valence-corrected chi connectivity index (χ0v) is 25.6. The molecule has 2 aromatic carbocycles. The minimum Gasteiger partial charge on any atom is -0.379 e. The zero-order chi connectivity index (χ0) is 32.0. The number of hydrogen-bond acceptors (Lipinski definition) is 6. The fourth-order valence-corrected chi connectivity index (χ4v) is 6.95. The van der Waals surface area contributed by atoms with E-state index in [1.165, 1.54) is 6.07 Å². The summed E-state index contributed by atoms with van der Waals surface area (Å²) >= 11 is 0.